The average Bonchev–Trinajstić information content (AvgIpc) is 2.77. The fourth-order valence-corrected chi connectivity index (χ4v) is 6.31. The van der Waals surface area contributed by atoms with Gasteiger partial charge in [0, 0.05) is 37.5 Å². The number of fused-ring (bicyclic) bond motifs is 3. The number of aliphatic hydroxyl groups excluding tert-OH is 2. The second-order valence-corrected chi connectivity index (χ2v) is 11.5. The normalized spacial score (nSPS) is 25.6. The monoisotopic (exact) mass is 512 g/mol. The maximum absolute atomic E-state index is 13.7. The van der Waals surface area contributed by atoms with Crippen LogP contribution in [0.15, 0.2) is 34.8 Å². The number of amides is 1. The number of carbonyl (C=O) groups excluding carboxylic acids is 3. The summed E-state index contributed by atoms with van der Waals surface area (Å²) in [5.74, 6) is -5.28. The number of ketones is 2. The Bertz CT molecular complexity index is 1220. The van der Waals surface area contributed by atoms with Gasteiger partial charge < -0.3 is 26.2 Å². The van der Waals surface area contributed by atoms with Crippen LogP contribution in [0.1, 0.15) is 62.0 Å². The number of aromatic hydroxyl groups is 1. The highest BCUT2D eigenvalue weighted by Crippen LogP contribution is 2.51. The SMILES string of the molecule is CC(C)CN(Cc1ccc(O)c2c1C[C@H]1C[C@H]3CC(O)=C(C(N)=O)C(=O)[C@@]3(O)C(O)=C1C2=O)CC(C)C. The largest absolute Gasteiger partial charge is 0.511 e. The zero-order chi connectivity index (χ0) is 27.4. The van der Waals surface area contributed by atoms with E-state index in [0.29, 0.717) is 30.4 Å². The molecule has 1 amide bonds. The number of nitrogens with two attached hydrogens (primary N) is 1. The third kappa shape index (κ3) is 4.44. The molecule has 37 heavy (non-hydrogen) atoms. The van der Waals surface area contributed by atoms with Gasteiger partial charge in [0.05, 0.1) is 5.56 Å². The summed E-state index contributed by atoms with van der Waals surface area (Å²) in [6, 6.07) is 3.28. The lowest BCUT2D eigenvalue weighted by Crippen LogP contribution is -2.57. The maximum Gasteiger partial charge on any atom is 0.255 e. The van der Waals surface area contributed by atoms with Gasteiger partial charge >= 0.3 is 0 Å². The van der Waals surface area contributed by atoms with Crippen LogP contribution in [0.5, 0.6) is 5.75 Å². The average molecular weight is 513 g/mol. The summed E-state index contributed by atoms with van der Waals surface area (Å²) in [6.45, 7) is 10.9. The smallest absolute Gasteiger partial charge is 0.255 e. The van der Waals surface area contributed by atoms with E-state index in [9.17, 15) is 34.8 Å². The number of primary amides is 1. The number of phenolic OH excluding ortho intramolecular Hbond substituents is 1. The number of Topliss-reactive ketones (excluding diaryl/α,β-unsaturated/α-hetero) is 2. The number of rotatable bonds is 7. The zero-order valence-electron chi connectivity index (χ0n) is 21.7. The molecule has 0 spiro atoms. The first kappa shape index (κ1) is 26.9. The van der Waals surface area contributed by atoms with E-state index in [1.807, 2.05) is 6.07 Å². The number of hydrogen-bond donors (Lipinski definition) is 5. The molecule has 0 radical (unpaired) electrons. The Hall–Kier alpha value is -3.17. The number of phenols is 1. The quantitative estimate of drug-likeness (QED) is 0.348. The Morgan fingerprint density at radius 1 is 1.08 bits per heavy atom. The van der Waals surface area contributed by atoms with Gasteiger partial charge in [0.1, 0.15) is 22.8 Å². The molecule has 6 N–H and O–H groups in total. The first-order valence-electron chi connectivity index (χ1n) is 12.8. The van der Waals surface area contributed by atoms with Gasteiger partial charge in [-0.2, -0.15) is 0 Å². The van der Waals surface area contributed by atoms with E-state index in [1.54, 1.807) is 0 Å². The van der Waals surface area contributed by atoms with Gasteiger partial charge in [0.2, 0.25) is 5.78 Å². The molecular weight excluding hydrogens is 476 g/mol. The molecule has 0 heterocycles. The van der Waals surface area contributed by atoms with E-state index >= 15 is 0 Å². The Morgan fingerprint density at radius 2 is 1.70 bits per heavy atom. The highest BCUT2D eigenvalue weighted by molar-refractivity contribution is 6.24. The number of hydrogen-bond acceptors (Lipinski definition) is 8. The van der Waals surface area contributed by atoms with Crippen molar-refractivity contribution in [2.45, 2.75) is 59.1 Å². The predicted octanol–water partition coefficient (Wildman–Crippen LogP) is 2.69. The van der Waals surface area contributed by atoms with Crippen molar-refractivity contribution in [3.05, 3.63) is 51.5 Å². The van der Waals surface area contributed by atoms with Crippen LogP contribution in [0, 0.1) is 23.7 Å². The number of allylic oxidation sites excluding steroid dienone is 2. The van der Waals surface area contributed by atoms with Crippen LogP contribution in [0.4, 0.5) is 0 Å². The molecule has 1 aromatic rings. The standard InChI is InChI=1S/C28H36N2O7/c1-13(2)10-30(11-14(3)4)12-15-5-6-19(31)22-18(15)8-16-7-17-9-20(32)23(27(29)36)26(35)28(17,37)25(34)21(16)24(22)33/h5-6,13-14,16-17,31-32,34,37H,7-12H2,1-4H3,(H2,29,36)/t16-,17+,28+/m1/s1. The second-order valence-electron chi connectivity index (χ2n) is 11.5. The predicted molar refractivity (Wildman–Crippen MR) is 136 cm³/mol. The third-order valence-corrected chi connectivity index (χ3v) is 7.68. The molecule has 1 aromatic carbocycles. The fraction of sp³-hybridized carbons (Fsp3) is 0.536. The first-order valence-corrected chi connectivity index (χ1v) is 12.8. The second kappa shape index (κ2) is 9.61. The van der Waals surface area contributed by atoms with Crippen LogP contribution in [-0.2, 0) is 22.6 Å². The molecule has 3 aliphatic rings. The summed E-state index contributed by atoms with van der Waals surface area (Å²) >= 11 is 0. The summed E-state index contributed by atoms with van der Waals surface area (Å²) in [5, 5.41) is 43.5. The molecule has 9 heteroatoms. The molecule has 0 aliphatic heterocycles. The van der Waals surface area contributed by atoms with Crippen molar-refractivity contribution in [3.8, 4) is 5.75 Å². The van der Waals surface area contributed by atoms with Crippen molar-refractivity contribution in [2.24, 2.45) is 29.4 Å². The third-order valence-electron chi connectivity index (χ3n) is 7.68. The van der Waals surface area contributed by atoms with Crippen molar-refractivity contribution >= 4 is 17.5 Å². The summed E-state index contributed by atoms with van der Waals surface area (Å²) in [5.41, 5.74) is 3.44. The zero-order valence-corrected chi connectivity index (χ0v) is 21.7. The van der Waals surface area contributed by atoms with Crippen molar-refractivity contribution in [1.29, 1.82) is 0 Å². The lowest BCUT2D eigenvalue weighted by atomic mass is 9.60. The van der Waals surface area contributed by atoms with Crippen molar-refractivity contribution in [1.82, 2.24) is 4.90 Å². The van der Waals surface area contributed by atoms with Crippen molar-refractivity contribution in [3.63, 3.8) is 0 Å². The van der Waals surface area contributed by atoms with Crippen LogP contribution in [-0.4, -0.2) is 61.5 Å². The maximum atomic E-state index is 13.7. The van der Waals surface area contributed by atoms with Crippen LogP contribution in [0.25, 0.3) is 0 Å². The summed E-state index contributed by atoms with van der Waals surface area (Å²) < 4.78 is 0. The highest BCUT2D eigenvalue weighted by Gasteiger charge is 2.59. The Labute approximate surface area is 216 Å². The summed E-state index contributed by atoms with van der Waals surface area (Å²) in [4.78, 5) is 40.9. The number of benzene rings is 1. The highest BCUT2D eigenvalue weighted by atomic mass is 16.3. The lowest BCUT2D eigenvalue weighted by molar-refractivity contribution is -0.144. The van der Waals surface area contributed by atoms with Gasteiger partial charge in [0.15, 0.2) is 11.4 Å². The lowest BCUT2D eigenvalue weighted by Gasteiger charge is -2.45. The van der Waals surface area contributed by atoms with Crippen LogP contribution in [0.2, 0.25) is 0 Å². The van der Waals surface area contributed by atoms with Gasteiger partial charge in [-0.1, -0.05) is 33.8 Å². The van der Waals surface area contributed by atoms with Crippen LogP contribution < -0.4 is 5.73 Å². The number of carbonyl (C=O) groups is 3. The van der Waals surface area contributed by atoms with E-state index in [4.69, 9.17) is 5.73 Å². The molecular formula is C28H36N2O7. The van der Waals surface area contributed by atoms with Gasteiger partial charge in [-0.25, -0.2) is 0 Å². The Morgan fingerprint density at radius 3 is 2.27 bits per heavy atom. The van der Waals surface area contributed by atoms with Crippen molar-refractivity contribution in [2.75, 3.05) is 13.1 Å². The van der Waals surface area contributed by atoms with Gasteiger partial charge in [-0.15, -0.1) is 0 Å². The topological polar surface area (TPSA) is 161 Å². The molecule has 0 saturated heterocycles. The number of aliphatic hydroxyl groups is 3. The van der Waals surface area contributed by atoms with E-state index in [0.717, 1.165) is 18.7 Å². The molecule has 0 aromatic heterocycles. The molecule has 3 atom stereocenters. The molecule has 0 bridgehead atoms. The molecule has 200 valence electrons. The van der Waals surface area contributed by atoms with Crippen LogP contribution in [0.3, 0.4) is 0 Å². The molecule has 0 saturated carbocycles. The van der Waals surface area contributed by atoms with Crippen molar-refractivity contribution < 1.29 is 34.8 Å². The fourth-order valence-electron chi connectivity index (χ4n) is 6.31. The van der Waals surface area contributed by atoms with E-state index in [2.05, 4.69) is 32.6 Å². The van der Waals surface area contributed by atoms with E-state index < -0.39 is 52.0 Å². The molecule has 0 unspecified atom stereocenters. The molecule has 3 aliphatic carbocycles. The Balaban J connectivity index is 1.79. The van der Waals surface area contributed by atoms with E-state index in [1.165, 1.54) is 6.07 Å². The summed E-state index contributed by atoms with van der Waals surface area (Å²) in [7, 11) is 0. The van der Waals surface area contributed by atoms with Gasteiger partial charge in [-0.3, -0.25) is 19.3 Å². The minimum atomic E-state index is -2.55. The van der Waals surface area contributed by atoms with Crippen LogP contribution >= 0.6 is 0 Å². The molecule has 4 rings (SSSR count). The van der Waals surface area contributed by atoms with E-state index in [-0.39, 0.29) is 29.7 Å². The number of nitrogens with zero attached hydrogens (tertiary/aromatic N) is 1. The molecule has 9 nitrogen and oxygen atoms in total. The first-order chi connectivity index (χ1) is 17.3. The van der Waals surface area contributed by atoms with Gasteiger partial charge in [0.25, 0.3) is 5.91 Å². The molecule has 0 fully saturated rings. The minimum Gasteiger partial charge on any atom is -0.511 e. The summed E-state index contributed by atoms with van der Waals surface area (Å²) in [6.07, 6.45) is 0.202. The minimum absolute atomic E-state index is 0.0585. The Kier molecular flexibility index (Phi) is 6.98. The van der Waals surface area contributed by atoms with Gasteiger partial charge in [-0.05, 0) is 47.8 Å².